The van der Waals surface area contributed by atoms with E-state index in [9.17, 15) is 0 Å². The van der Waals surface area contributed by atoms with E-state index in [-0.39, 0.29) is 0 Å². The van der Waals surface area contributed by atoms with Crippen molar-refractivity contribution in [3.05, 3.63) is 171 Å². The van der Waals surface area contributed by atoms with E-state index in [4.69, 9.17) is 0 Å². The molecule has 44 heavy (non-hydrogen) atoms. The van der Waals surface area contributed by atoms with Gasteiger partial charge in [-0.1, -0.05) is 154 Å². The van der Waals surface area contributed by atoms with Crippen LogP contribution in [0, 0.1) is 6.92 Å². The minimum Gasteiger partial charge on any atom is -0.134 e. The van der Waals surface area contributed by atoms with Crippen LogP contribution in [0.5, 0.6) is 0 Å². The second-order valence-corrected chi connectivity index (χ2v) is 12.3. The summed E-state index contributed by atoms with van der Waals surface area (Å²) in [5, 5.41) is 1.39. The lowest BCUT2D eigenvalue weighted by atomic mass is 9.84. The van der Waals surface area contributed by atoms with Crippen LogP contribution in [0.15, 0.2) is 133 Å². The van der Waals surface area contributed by atoms with E-state index in [1.54, 1.807) is 0 Å². The van der Waals surface area contributed by atoms with E-state index in [1.807, 2.05) is 25.2 Å². The van der Waals surface area contributed by atoms with Crippen LogP contribution in [0.2, 0.25) is 0 Å². The zero-order chi connectivity index (χ0) is 30.9. The molecule has 222 valence electrons. The fraction of sp³-hybridized carbons (Fsp3) is 0.209. The van der Waals surface area contributed by atoms with E-state index in [0.717, 1.165) is 25.7 Å². The number of hydrogen-bond donors (Lipinski definition) is 0. The summed E-state index contributed by atoms with van der Waals surface area (Å²) in [6.45, 7) is 10.8. The van der Waals surface area contributed by atoms with E-state index in [2.05, 4.69) is 148 Å². The molecule has 0 fully saturated rings. The zero-order valence-electron chi connectivity index (χ0n) is 26.9. The van der Waals surface area contributed by atoms with Gasteiger partial charge in [-0.25, -0.2) is 0 Å². The Hall–Kier alpha value is -4.20. The second kappa shape index (κ2) is 15.0. The van der Waals surface area contributed by atoms with E-state index >= 15 is 0 Å². The van der Waals surface area contributed by atoms with Crippen LogP contribution < -0.4 is 0 Å². The Balaban J connectivity index is 0.000000214. The molecule has 0 nitrogen and oxygen atoms in total. The molecule has 1 aliphatic rings. The average Bonchev–Trinajstić information content (AvgIpc) is 3.42. The quantitative estimate of drug-likeness (QED) is 0.187. The Kier molecular flexibility index (Phi) is 10.6. The molecule has 0 bridgehead atoms. The second-order valence-electron chi connectivity index (χ2n) is 11.2. The van der Waals surface area contributed by atoms with Crippen molar-refractivity contribution in [1.82, 2.24) is 0 Å². The van der Waals surface area contributed by atoms with Gasteiger partial charge in [-0.3, -0.25) is 0 Å². The summed E-state index contributed by atoms with van der Waals surface area (Å²) in [5.74, 6) is 0. The summed E-state index contributed by atoms with van der Waals surface area (Å²) in [6, 6.07) is 45.9. The Morgan fingerprint density at radius 3 is 1.80 bits per heavy atom. The predicted molar refractivity (Wildman–Crippen MR) is 195 cm³/mol. The topological polar surface area (TPSA) is 0 Å². The van der Waals surface area contributed by atoms with Gasteiger partial charge >= 0.3 is 0 Å². The monoisotopic (exact) mass is 592 g/mol. The standard InChI is InChI=1S/C28H26S.C13H12.C2H6/c1-4-20-13-16-22(17-14-20)25-11-7-10-23-19(3)27(29-28(23)25)26-18(2)12-15-21-8-5-6-9-24(21)26;1-3-7-12(8-4-1)11-13-9-5-2-6-10-13;1-2/h5-11,13-14,16-17H,4,12,15H2,1-3H3;1-10H,11H2;1-2H3. The molecule has 0 atom stereocenters. The first-order valence-corrected chi connectivity index (χ1v) is 16.9. The molecule has 0 saturated carbocycles. The lowest BCUT2D eigenvalue weighted by molar-refractivity contribution is 0.919. The predicted octanol–water partition coefficient (Wildman–Crippen LogP) is 12.5. The maximum atomic E-state index is 2.32. The number of aryl methyl sites for hydroxylation is 3. The summed E-state index contributed by atoms with van der Waals surface area (Å²) >= 11 is 1.97. The third kappa shape index (κ3) is 6.95. The molecule has 0 aliphatic heterocycles. The lowest BCUT2D eigenvalue weighted by Gasteiger charge is -2.21. The minimum absolute atomic E-state index is 1.03. The highest BCUT2D eigenvalue weighted by atomic mass is 32.1. The molecule has 0 spiro atoms. The highest BCUT2D eigenvalue weighted by Gasteiger charge is 2.22. The van der Waals surface area contributed by atoms with Crippen molar-refractivity contribution in [3.63, 3.8) is 0 Å². The lowest BCUT2D eigenvalue weighted by Crippen LogP contribution is -2.04. The minimum atomic E-state index is 1.03. The first-order valence-electron chi connectivity index (χ1n) is 16.1. The van der Waals surface area contributed by atoms with Crippen molar-refractivity contribution < 1.29 is 0 Å². The van der Waals surface area contributed by atoms with Crippen LogP contribution in [0.1, 0.15) is 72.4 Å². The van der Waals surface area contributed by atoms with Crippen molar-refractivity contribution >= 4 is 27.0 Å². The Bertz CT molecular complexity index is 1780. The van der Waals surface area contributed by atoms with Crippen molar-refractivity contribution in [2.45, 2.75) is 60.3 Å². The normalized spacial score (nSPS) is 12.1. The van der Waals surface area contributed by atoms with Gasteiger partial charge in [0.2, 0.25) is 0 Å². The fourth-order valence-electron chi connectivity index (χ4n) is 6.03. The average molecular weight is 593 g/mol. The number of hydrogen-bond acceptors (Lipinski definition) is 1. The first kappa shape index (κ1) is 31.2. The molecule has 0 N–H and O–H groups in total. The third-order valence-electron chi connectivity index (χ3n) is 8.44. The summed E-state index contributed by atoms with van der Waals surface area (Å²) in [5.41, 5.74) is 14.1. The Morgan fingerprint density at radius 2 is 1.16 bits per heavy atom. The van der Waals surface area contributed by atoms with Crippen molar-refractivity contribution in [3.8, 4) is 11.1 Å². The maximum absolute atomic E-state index is 2.32. The van der Waals surface area contributed by atoms with Gasteiger partial charge in [-0.05, 0) is 95.0 Å². The number of benzene rings is 5. The molecule has 1 aliphatic carbocycles. The van der Waals surface area contributed by atoms with Crippen molar-refractivity contribution in [2.75, 3.05) is 0 Å². The van der Waals surface area contributed by atoms with Gasteiger partial charge in [-0.2, -0.15) is 0 Å². The Labute approximate surface area is 268 Å². The molecule has 5 aromatic carbocycles. The maximum Gasteiger partial charge on any atom is 0.0430 e. The molecule has 0 unspecified atom stereocenters. The molecule has 6 aromatic rings. The van der Waals surface area contributed by atoms with Crippen LogP contribution in [-0.4, -0.2) is 0 Å². The SMILES string of the molecule is CC.CCc1ccc(-c2cccc3c(C)c(C4=C(C)CCc5ccccc54)sc23)cc1.c1ccc(Cc2ccccc2)cc1. The van der Waals surface area contributed by atoms with E-state index in [0.29, 0.717) is 0 Å². The van der Waals surface area contributed by atoms with Crippen LogP contribution in [0.3, 0.4) is 0 Å². The molecule has 1 aromatic heterocycles. The van der Waals surface area contributed by atoms with E-state index < -0.39 is 0 Å². The van der Waals surface area contributed by atoms with E-state index in [1.165, 1.54) is 70.6 Å². The highest BCUT2D eigenvalue weighted by molar-refractivity contribution is 7.21. The van der Waals surface area contributed by atoms with Crippen molar-refractivity contribution in [1.29, 1.82) is 0 Å². The van der Waals surface area contributed by atoms with Crippen LogP contribution in [0.25, 0.3) is 26.8 Å². The van der Waals surface area contributed by atoms with Crippen LogP contribution >= 0.6 is 11.3 Å². The summed E-state index contributed by atoms with van der Waals surface area (Å²) in [7, 11) is 0. The Morgan fingerprint density at radius 1 is 0.568 bits per heavy atom. The first-order chi connectivity index (χ1) is 21.6. The van der Waals surface area contributed by atoms with Gasteiger partial charge in [0.1, 0.15) is 0 Å². The molecule has 0 saturated heterocycles. The largest absolute Gasteiger partial charge is 0.134 e. The van der Waals surface area contributed by atoms with Crippen molar-refractivity contribution in [2.24, 2.45) is 0 Å². The summed E-state index contributed by atoms with van der Waals surface area (Å²) in [6.07, 6.45) is 4.43. The molecular weight excluding hydrogens is 549 g/mol. The number of fused-ring (bicyclic) bond motifs is 2. The van der Waals surface area contributed by atoms with Gasteiger partial charge in [0, 0.05) is 9.58 Å². The van der Waals surface area contributed by atoms with Gasteiger partial charge in [-0.15, -0.1) is 11.3 Å². The van der Waals surface area contributed by atoms with Crippen LogP contribution in [-0.2, 0) is 19.3 Å². The summed E-state index contributed by atoms with van der Waals surface area (Å²) < 4.78 is 1.41. The molecule has 1 heteroatoms. The molecular formula is C43H44S. The molecule has 0 radical (unpaired) electrons. The molecule has 0 amide bonds. The van der Waals surface area contributed by atoms with Crippen LogP contribution in [0.4, 0.5) is 0 Å². The molecule has 7 rings (SSSR count). The smallest absolute Gasteiger partial charge is 0.0430 e. The number of allylic oxidation sites excluding steroid dienone is 1. The summed E-state index contributed by atoms with van der Waals surface area (Å²) in [4.78, 5) is 1.45. The number of rotatable bonds is 5. The third-order valence-corrected chi connectivity index (χ3v) is 9.80. The number of thiophene rings is 1. The molecule has 1 heterocycles. The fourth-order valence-corrected chi connectivity index (χ4v) is 7.51. The highest BCUT2D eigenvalue weighted by Crippen LogP contribution is 2.45. The van der Waals surface area contributed by atoms with Gasteiger partial charge in [0.25, 0.3) is 0 Å². The zero-order valence-corrected chi connectivity index (χ0v) is 27.7. The van der Waals surface area contributed by atoms with Gasteiger partial charge in [0.15, 0.2) is 0 Å². The van der Waals surface area contributed by atoms with Gasteiger partial charge < -0.3 is 0 Å². The van der Waals surface area contributed by atoms with Gasteiger partial charge in [0.05, 0.1) is 0 Å².